The van der Waals surface area contributed by atoms with Gasteiger partial charge in [-0.05, 0) is 37.4 Å². The van der Waals surface area contributed by atoms with E-state index in [-0.39, 0.29) is 0 Å². The number of benzene rings is 2. The zero-order chi connectivity index (χ0) is 13.7. The van der Waals surface area contributed by atoms with E-state index < -0.39 is 0 Å². The van der Waals surface area contributed by atoms with Crippen molar-refractivity contribution in [1.29, 1.82) is 0 Å². The number of nitrogens with two attached hydrogens (primary N) is 1. The van der Waals surface area contributed by atoms with Crippen LogP contribution in [0.3, 0.4) is 0 Å². The second-order valence-corrected chi connectivity index (χ2v) is 4.82. The largest absolute Gasteiger partial charge is 0.492 e. The lowest BCUT2D eigenvalue weighted by Gasteiger charge is -2.14. The van der Waals surface area contributed by atoms with E-state index in [4.69, 9.17) is 10.5 Å². The summed E-state index contributed by atoms with van der Waals surface area (Å²) in [5.41, 5.74) is 8.67. The van der Waals surface area contributed by atoms with Crippen molar-refractivity contribution in [2.75, 3.05) is 23.9 Å². The van der Waals surface area contributed by atoms with Crippen LogP contribution in [0, 0.1) is 0 Å². The molecule has 0 aliphatic rings. The molecular formula is C15H18N2OS. The molecule has 0 amide bonds. The fraction of sp³-hybridized carbons (Fsp3) is 0.200. The van der Waals surface area contributed by atoms with E-state index in [0.717, 1.165) is 11.4 Å². The van der Waals surface area contributed by atoms with Gasteiger partial charge < -0.3 is 15.8 Å². The summed E-state index contributed by atoms with van der Waals surface area (Å²) in [6, 6.07) is 13.9. The van der Waals surface area contributed by atoms with Gasteiger partial charge in [-0.3, -0.25) is 0 Å². The van der Waals surface area contributed by atoms with E-state index in [9.17, 15) is 0 Å². The van der Waals surface area contributed by atoms with Crippen molar-refractivity contribution in [2.24, 2.45) is 0 Å². The molecule has 2 aromatic carbocycles. The van der Waals surface area contributed by atoms with E-state index in [0.29, 0.717) is 18.0 Å². The normalized spacial score (nSPS) is 10.2. The van der Waals surface area contributed by atoms with Crippen LogP contribution in [-0.2, 0) is 0 Å². The molecule has 0 aromatic heterocycles. The zero-order valence-electron chi connectivity index (χ0n) is 11.1. The van der Waals surface area contributed by atoms with Crippen molar-refractivity contribution in [1.82, 2.24) is 0 Å². The molecule has 2 rings (SSSR count). The molecule has 0 fully saturated rings. The summed E-state index contributed by atoms with van der Waals surface area (Å²) >= 11 is 1.70. The summed E-state index contributed by atoms with van der Waals surface area (Å²) < 4.78 is 5.50. The lowest BCUT2D eigenvalue weighted by Crippen LogP contribution is -2.01. The number of anilines is 3. The van der Waals surface area contributed by atoms with Gasteiger partial charge in [0, 0.05) is 4.90 Å². The highest BCUT2D eigenvalue weighted by Crippen LogP contribution is 2.34. The molecule has 0 saturated heterocycles. The molecule has 100 valence electrons. The summed E-state index contributed by atoms with van der Waals surface area (Å²) in [6.45, 7) is 2.55. The Kier molecular flexibility index (Phi) is 4.58. The second kappa shape index (κ2) is 6.38. The Morgan fingerprint density at radius 3 is 2.58 bits per heavy atom. The Bertz CT molecular complexity index is 558. The fourth-order valence-electron chi connectivity index (χ4n) is 1.83. The number of hydrogen-bond acceptors (Lipinski definition) is 4. The number of thioether (sulfide) groups is 1. The SMILES string of the molecule is CCOc1cccc(Nc2ccccc2SC)c1N. The summed E-state index contributed by atoms with van der Waals surface area (Å²) in [7, 11) is 0. The van der Waals surface area contributed by atoms with Crippen molar-refractivity contribution in [3.8, 4) is 5.75 Å². The maximum absolute atomic E-state index is 6.11. The van der Waals surface area contributed by atoms with Gasteiger partial charge in [0.1, 0.15) is 5.75 Å². The Morgan fingerprint density at radius 2 is 1.84 bits per heavy atom. The van der Waals surface area contributed by atoms with Gasteiger partial charge in [-0.1, -0.05) is 18.2 Å². The van der Waals surface area contributed by atoms with Crippen LogP contribution in [-0.4, -0.2) is 12.9 Å². The number of nitrogens with one attached hydrogen (secondary N) is 1. The van der Waals surface area contributed by atoms with Gasteiger partial charge in [0.2, 0.25) is 0 Å². The van der Waals surface area contributed by atoms with Gasteiger partial charge in [0.05, 0.1) is 23.7 Å². The first kappa shape index (κ1) is 13.6. The molecule has 0 aliphatic carbocycles. The van der Waals surface area contributed by atoms with E-state index in [1.165, 1.54) is 4.90 Å². The number of rotatable bonds is 5. The second-order valence-electron chi connectivity index (χ2n) is 3.98. The van der Waals surface area contributed by atoms with Crippen LogP contribution in [0.4, 0.5) is 17.1 Å². The zero-order valence-corrected chi connectivity index (χ0v) is 12.0. The molecule has 0 bridgehead atoms. The topological polar surface area (TPSA) is 47.3 Å². The van der Waals surface area contributed by atoms with Crippen molar-refractivity contribution in [3.63, 3.8) is 0 Å². The van der Waals surface area contributed by atoms with Crippen molar-refractivity contribution >= 4 is 28.8 Å². The molecule has 0 atom stereocenters. The van der Waals surface area contributed by atoms with E-state index in [1.54, 1.807) is 11.8 Å². The monoisotopic (exact) mass is 274 g/mol. The molecule has 3 N–H and O–H groups in total. The smallest absolute Gasteiger partial charge is 0.144 e. The van der Waals surface area contributed by atoms with Gasteiger partial charge in [-0.15, -0.1) is 11.8 Å². The van der Waals surface area contributed by atoms with Crippen molar-refractivity contribution < 1.29 is 4.74 Å². The van der Waals surface area contributed by atoms with E-state index in [2.05, 4.69) is 17.6 Å². The standard InChI is InChI=1S/C15H18N2OS/c1-3-18-13-9-6-8-12(15(13)16)17-11-7-4-5-10-14(11)19-2/h4-10,17H,3,16H2,1-2H3. The summed E-state index contributed by atoms with van der Waals surface area (Å²) in [5.74, 6) is 0.717. The van der Waals surface area contributed by atoms with Crippen molar-refractivity contribution in [2.45, 2.75) is 11.8 Å². The predicted octanol–water partition coefficient (Wildman–Crippen LogP) is 4.13. The molecule has 0 aliphatic heterocycles. The van der Waals surface area contributed by atoms with Gasteiger partial charge in [0.15, 0.2) is 0 Å². The van der Waals surface area contributed by atoms with Crippen LogP contribution in [0.2, 0.25) is 0 Å². The average molecular weight is 274 g/mol. The van der Waals surface area contributed by atoms with Gasteiger partial charge in [0.25, 0.3) is 0 Å². The predicted molar refractivity (Wildman–Crippen MR) is 83.5 cm³/mol. The molecule has 19 heavy (non-hydrogen) atoms. The first-order valence-corrected chi connectivity index (χ1v) is 7.40. The highest BCUT2D eigenvalue weighted by Gasteiger charge is 2.07. The maximum atomic E-state index is 6.11. The Hall–Kier alpha value is -1.81. The average Bonchev–Trinajstić information content (AvgIpc) is 2.44. The number of ether oxygens (including phenoxy) is 1. The molecule has 2 aromatic rings. The molecule has 0 radical (unpaired) electrons. The first-order chi connectivity index (χ1) is 9.26. The summed E-state index contributed by atoms with van der Waals surface area (Å²) in [5, 5.41) is 3.36. The molecular weight excluding hydrogens is 256 g/mol. The summed E-state index contributed by atoms with van der Waals surface area (Å²) in [4.78, 5) is 1.18. The highest BCUT2D eigenvalue weighted by atomic mass is 32.2. The lowest BCUT2D eigenvalue weighted by molar-refractivity contribution is 0.342. The molecule has 3 nitrogen and oxygen atoms in total. The van der Waals surface area contributed by atoms with Crippen LogP contribution in [0.25, 0.3) is 0 Å². The van der Waals surface area contributed by atoms with E-state index in [1.807, 2.05) is 43.3 Å². The van der Waals surface area contributed by atoms with Crippen LogP contribution in [0.15, 0.2) is 47.4 Å². The Balaban J connectivity index is 2.30. The van der Waals surface area contributed by atoms with E-state index >= 15 is 0 Å². The molecule has 0 unspecified atom stereocenters. The van der Waals surface area contributed by atoms with Crippen molar-refractivity contribution in [3.05, 3.63) is 42.5 Å². The Morgan fingerprint density at radius 1 is 1.11 bits per heavy atom. The van der Waals surface area contributed by atoms with Crippen LogP contribution < -0.4 is 15.8 Å². The number of para-hydroxylation sites is 2. The summed E-state index contributed by atoms with van der Waals surface area (Å²) in [6.07, 6.45) is 2.06. The van der Waals surface area contributed by atoms with Crippen LogP contribution in [0.1, 0.15) is 6.92 Å². The maximum Gasteiger partial charge on any atom is 0.144 e. The van der Waals surface area contributed by atoms with Gasteiger partial charge in [-0.25, -0.2) is 0 Å². The third kappa shape index (κ3) is 3.15. The first-order valence-electron chi connectivity index (χ1n) is 6.17. The fourth-order valence-corrected chi connectivity index (χ4v) is 2.38. The molecule has 0 spiro atoms. The minimum Gasteiger partial charge on any atom is -0.492 e. The molecule has 0 saturated carbocycles. The number of nitrogen functional groups attached to an aromatic ring is 1. The minimum absolute atomic E-state index is 0.606. The lowest BCUT2D eigenvalue weighted by atomic mass is 10.2. The number of hydrogen-bond donors (Lipinski definition) is 2. The minimum atomic E-state index is 0.606. The third-order valence-electron chi connectivity index (χ3n) is 2.74. The molecule has 0 heterocycles. The van der Waals surface area contributed by atoms with Crippen LogP contribution in [0.5, 0.6) is 5.75 Å². The molecule has 4 heteroatoms. The third-order valence-corrected chi connectivity index (χ3v) is 3.54. The van der Waals surface area contributed by atoms with Crippen LogP contribution >= 0.6 is 11.8 Å². The van der Waals surface area contributed by atoms with Gasteiger partial charge in [-0.2, -0.15) is 0 Å². The highest BCUT2D eigenvalue weighted by molar-refractivity contribution is 7.98. The Labute approximate surface area is 118 Å². The van der Waals surface area contributed by atoms with Gasteiger partial charge >= 0.3 is 0 Å². The quantitative estimate of drug-likeness (QED) is 0.635.